The number of rotatable bonds is 4. The Kier molecular flexibility index (Phi) is 5.34. The molecule has 0 bridgehead atoms. The first-order chi connectivity index (χ1) is 14.1. The molecule has 0 unspecified atom stereocenters. The van der Waals surface area contributed by atoms with Crippen molar-refractivity contribution < 1.29 is 4.39 Å². The van der Waals surface area contributed by atoms with E-state index in [-0.39, 0.29) is 5.82 Å². The number of pyridine rings is 1. The number of piperazine rings is 1. The van der Waals surface area contributed by atoms with Crippen LogP contribution in [-0.4, -0.2) is 41.4 Å². The highest BCUT2D eigenvalue weighted by molar-refractivity contribution is 5.49. The van der Waals surface area contributed by atoms with Gasteiger partial charge in [-0.3, -0.25) is 0 Å². The highest BCUT2D eigenvalue weighted by atomic mass is 19.1. The van der Waals surface area contributed by atoms with Crippen molar-refractivity contribution >= 4 is 11.6 Å². The van der Waals surface area contributed by atoms with E-state index in [1.165, 1.54) is 12.1 Å². The van der Waals surface area contributed by atoms with Crippen LogP contribution in [-0.2, 0) is 6.42 Å². The van der Waals surface area contributed by atoms with Crippen molar-refractivity contribution in [3.8, 4) is 6.07 Å². The Bertz CT molecular complexity index is 1020. The van der Waals surface area contributed by atoms with Crippen LogP contribution in [0.25, 0.3) is 0 Å². The molecule has 0 spiro atoms. The van der Waals surface area contributed by atoms with Gasteiger partial charge in [-0.25, -0.2) is 9.37 Å². The molecule has 0 N–H and O–H groups in total. The maximum atomic E-state index is 13.1. The number of benzene rings is 1. The zero-order valence-corrected chi connectivity index (χ0v) is 16.2. The van der Waals surface area contributed by atoms with Crippen molar-refractivity contribution in [2.75, 3.05) is 36.0 Å². The molecule has 1 fully saturated rings. The predicted octanol–water partition coefficient (Wildman–Crippen LogP) is 3.11. The van der Waals surface area contributed by atoms with E-state index in [0.29, 0.717) is 12.0 Å². The van der Waals surface area contributed by atoms with Crippen LogP contribution in [0.3, 0.4) is 0 Å². The quantitative estimate of drug-likeness (QED) is 0.684. The minimum Gasteiger partial charge on any atom is -0.353 e. The van der Waals surface area contributed by atoms with Gasteiger partial charge in [-0.2, -0.15) is 10.4 Å². The average Bonchev–Trinajstić information content (AvgIpc) is 2.76. The second kappa shape index (κ2) is 8.23. The molecule has 1 aromatic carbocycles. The molecule has 0 amide bonds. The van der Waals surface area contributed by atoms with Gasteiger partial charge in [-0.05, 0) is 48.4 Å². The predicted molar refractivity (Wildman–Crippen MR) is 109 cm³/mol. The highest BCUT2D eigenvalue weighted by Gasteiger charge is 2.21. The number of hydrogen-bond acceptors (Lipinski definition) is 6. The largest absolute Gasteiger partial charge is 0.353 e. The van der Waals surface area contributed by atoms with Gasteiger partial charge in [0.2, 0.25) is 0 Å². The second-order valence-corrected chi connectivity index (χ2v) is 7.14. The number of nitriles is 1. The van der Waals surface area contributed by atoms with Gasteiger partial charge < -0.3 is 9.80 Å². The number of nitrogens with zero attached hydrogens (tertiary/aromatic N) is 6. The van der Waals surface area contributed by atoms with Gasteiger partial charge >= 0.3 is 0 Å². The summed E-state index contributed by atoms with van der Waals surface area (Å²) in [6.45, 7) is 5.37. The summed E-state index contributed by atoms with van der Waals surface area (Å²) in [4.78, 5) is 8.83. The number of aromatic nitrogens is 3. The lowest BCUT2D eigenvalue weighted by atomic mass is 10.1. The fourth-order valence-corrected chi connectivity index (χ4v) is 3.53. The molecule has 0 atom stereocenters. The van der Waals surface area contributed by atoms with Crippen molar-refractivity contribution in [1.82, 2.24) is 15.2 Å². The minimum atomic E-state index is -0.235. The zero-order chi connectivity index (χ0) is 20.2. The van der Waals surface area contributed by atoms with E-state index >= 15 is 0 Å². The van der Waals surface area contributed by atoms with Gasteiger partial charge in [0.1, 0.15) is 17.7 Å². The molecule has 3 aromatic rings. The lowest BCUT2D eigenvalue weighted by Crippen LogP contribution is -2.47. The monoisotopic (exact) mass is 388 g/mol. The molecule has 6 nitrogen and oxygen atoms in total. The Hall–Kier alpha value is -3.53. The van der Waals surface area contributed by atoms with Gasteiger partial charge in [0.05, 0.1) is 11.3 Å². The normalized spacial score (nSPS) is 14.0. The van der Waals surface area contributed by atoms with Crippen molar-refractivity contribution in [1.29, 1.82) is 5.26 Å². The van der Waals surface area contributed by atoms with Crippen molar-refractivity contribution in [3.63, 3.8) is 0 Å². The third-order valence-corrected chi connectivity index (χ3v) is 5.09. The van der Waals surface area contributed by atoms with Crippen LogP contribution < -0.4 is 9.80 Å². The second-order valence-electron chi connectivity index (χ2n) is 7.14. The standard InChI is InChI=1S/C22H21FN6/c1-16-12-20(13-17-2-5-19(23)6-3-17)26-27-22(16)29-10-8-28(9-11-29)21-7-4-18(14-24)15-25-21/h2-7,12,15H,8-11,13H2,1H3. The Labute approximate surface area is 169 Å². The molecule has 3 heterocycles. The smallest absolute Gasteiger partial charge is 0.154 e. The molecule has 146 valence electrons. The number of anilines is 2. The van der Waals surface area contributed by atoms with Crippen molar-refractivity contribution in [2.24, 2.45) is 0 Å². The molecule has 0 aliphatic carbocycles. The molecular weight excluding hydrogens is 367 g/mol. The molecule has 1 aliphatic rings. The lowest BCUT2D eigenvalue weighted by molar-refractivity contribution is 0.627. The summed E-state index contributed by atoms with van der Waals surface area (Å²) < 4.78 is 13.1. The maximum Gasteiger partial charge on any atom is 0.154 e. The van der Waals surface area contributed by atoms with Crippen LogP contribution >= 0.6 is 0 Å². The third-order valence-electron chi connectivity index (χ3n) is 5.09. The van der Waals surface area contributed by atoms with E-state index in [1.54, 1.807) is 24.4 Å². The molecule has 4 rings (SSSR count). The molecular formula is C22H21FN6. The van der Waals surface area contributed by atoms with Crippen LogP contribution in [0.5, 0.6) is 0 Å². The van der Waals surface area contributed by atoms with E-state index in [9.17, 15) is 4.39 Å². The molecule has 29 heavy (non-hydrogen) atoms. The van der Waals surface area contributed by atoms with Gasteiger partial charge in [-0.15, -0.1) is 5.10 Å². The molecule has 2 aromatic heterocycles. The summed E-state index contributed by atoms with van der Waals surface area (Å²) in [5.74, 6) is 1.56. The Morgan fingerprint density at radius 3 is 2.34 bits per heavy atom. The highest BCUT2D eigenvalue weighted by Crippen LogP contribution is 2.21. The Morgan fingerprint density at radius 1 is 1.00 bits per heavy atom. The Balaban J connectivity index is 1.40. The van der Waals surface area contributed by atoms with Gasteiger partial charge in [-0.1, -0.05) is 12.1 Å². The first-order valence-electron chi connectivity index (χ1n) is 9.56. The first kappa shape index (κ1) is 18.8. The van der Waals surface area contributed by atoms with Crippen LogP contribution in [0.4, 0.5) is 16.0 Å². The number of aryl methyl sites for hydroxylation is 1. The topological polar surface area (TPSA) is 68.9 Å². The summed E-state index contributed by atoms with van der Waals surface area (Å²) in [5.41, 5.74) is 3.54. The van der Waals surface area contributed by atoms with E-state index in [4.69, 9.17) is 5.26 Å². The Morgan fingerprint density at radius 2 is 1.72 bits per heavy atom. The molecule has 0 saturated carbocycles. The van der Waals surface area contributed by atoms with E-state index < -0.39 is 0 Å². The van der Waals surface area contributed by atoms with E-state index in [0.717, 1.165) is 54.6 Å². The maximum absolute atomic E-state index is 13.1. The number of halogens is 1. The lowest BCUT2D eigenvalue weighted by Gasteiger charge is -2.36. The van der Waals surface area contributed by atoms with Crippen LogP contribution in [0.1, 0.15) is 22.4 Å². The zero-order valence-electron chi connectivity index (χ0n) is 16.2. The summed E-state index contributed by atoms with van der Waals surface area (Å²) in [5, 5.41) is 17.8. The molecule has 7 heteroatoms. The first-order valence-corrected chi connectivity index (χ1v) is 9.56. The fraction of sp³-hybridized carbons (Fsp3) is 0.273. The molecule has 1 saturated heterocycles. The van der Waals surface area contributed by atoms with Crippen molar-refractivity contribution in [2.45, 2.75) is 13.3 Å². The average molecular weight is 388 g/mol. The minimum absolute atomic E-state index is 0.235. The summed E-state index contributed by atoms with van der Waals surface area (Å²) in [6, 6.07) is 14.3. The fourth-order valence-electron chi connectivity index (χ4n) is 3.53. The van der Waals surface area contributed by atoms with Crippen LogP contribution in [0.2, 0.25) is 0 Å². The van der Waals surface area contributed by atoms with Gasteiger partial charge in [0, 0.05) is 38.8 Å². The third kappa shape index (κ3) is 4.32. The summed E-state index contributed by atoms with van der Waals surface area (Å²) in [6.07, 6.45) is 2.24. The summed E-state index contributed by atoms with van der Waals surface area (Å²) in [7, 11) is 0. The molecule has 1 aliphatic heterocycles. The van der Waals surface area contributed by atoms with E-state index in [1.807, 2.05) is 13.0 Å². The van der Waals surface area contributed by atoms with Gasteiger partial charge in [0.25, 0.3) is 0 Å². The SMILES string of the molecule is Cc1cc(Cc2ccc(F)cc2)nnc1N1CCN(c2ccc(C#N)cn2)CC1. The van der Waals surface area contributed by atoms with E-state index in [2.05, 4.69) is 37.1 Å². The van der Waals surface area contributed by atoms with Crippen LogP contribution in [0, 0.1) is 24.1 Å². The molecule has 0 radical (unpaired) electrons. The number of hydrogen-bond donors (Lipinski definition) is 0. The van der Waals surface area contributed by atoms with Crippen molar-refractivity contribution in [3.05, 3.63) is 76.9 Å². The van der Waals surface area contributed by atoms with Crippen LogP contribution in [0.15, 0.2) is 48.7 Å². The van der Waals surface area contributed by atoms with Gasteiger partial charge in [0.15, 0.2) is 5.82 Å². The summed E-state index contributed by atoms with van der Waals surface area (Å²) >= 11 is 0.